The molecule has 1 aliphatic carbocycles. The van der Waals surface area contributed by atoms with Gasteiger partial charge in [-0.25, -0.2) is 0 Å². The lowest BCUT2D eigenvalue weighted by Crippen LogP contribution is -2.30. The molecule has 2 atom stereocenters. The molecule has 2 aromatic rings. The van der Waals surface area contributed by atoms with Gasteiger partial charge >= 0.3 is 0 Å². The molecule has 0 radical (unpaired) electrons. The fourth-order valence-electron chi connectivity index (χ4n) is 3.78. The fraction of sp³-hybridized carbons (Fsp3) is 0.350. The zero-order valence-corrected chi connectivity index (χ0v) is 14.2. The van der Waals surface area contributed by atoms with Crippen molar-refractivity contribution >= 4 is 17.5 Å². The first-order valence-corrected chi connectivity index (χ1v) is 8.64. The molecule has 0 bridgehead atoms. The molecular weight excluding hydrogens is 314 g/mol. The highest BCUT2D eigenvalue weighted by Crippen LogP contribution is 2.58. The molecule has 1 aromatic carbocycles. The van der Waals surface area contributed by atoms with Gasteiger partial charge in [0.1, 0.15) is 0 Å². The molecule has 1 N–H and O–H groups in total. The van der Waals surface area contributed by atoms with Gasteiger partial charge in [0, 0.05) is 36.2 Å². The van der Waals surface area contributed by atoms with Gasteiger partial charge in [-0.3, -0.25) is 14.6 Å². The van der Waals surface area contributed by atoms with Crippen LogP contribution in [0.2, 0.25) is 0 Å². The highest BCUT2D eigenvalue weighted by atomic mass is 16.2. The first kappa shape index (κ1) is 15.8. The van der Waals surface area contributed by atoms with Gasteiger partial charge in [-0.2, -0.15) is 0 Å². The summed E-state index contributed by atoms with van der Waals surface area (Å²) in [7, 11) is 0. The number of hydrogen-bond donors (Lipinski definition) is 1. The Bertz CT molecular complexity index is 803. The predicted molar refractivity (Wildman–Crippen MR) is 95.1 cm³/mol. The third kappa shape index (κ3) is 3.02. The van der Waals surface area contributed by atoms with Crippen LogP contribution in [0.5, 0.6) is 0 Å². The molecule has 1 aliphatic heterocycles. The third-order valence-corrected chi connectivity index (χ3v) is 5.41. The molecule has 2 fully saturated rings. The Morgan fingerprint density at radius 3 is 2.76 bits per heavy atom. The summed E-state index contributed by atoms with van der Waals surface area (Å²) in [5.41, 5.74) is 2.55. The molecule has 2 aliphatic rings. The van der Waals surface area contributed by atoms with E-state index in [0.29, 0.717) is 6.54 Å². The average Bonchev–Trinajstić information content (AvgIpc) is 3.16. The van der Waals surface area contributed by atoms with Crippen molar-refractivity contribution in [3.63, 3.8) is 0 Å². The number of aryl methyl sites for hydroxylation is 1. The minimum absolute atomic E-state index is 0.0106. The number of nitrogens with zero attached hydrogens (tertiary/aromatic N) is 2. The quantitative estimate of drug-likeness (QED) is 0.938. The second kappa shape index (κ2) is 5.99. The summed E-state index contributed by atoms with van der Waals surface area (Å²) in [5, 5.41) is 2.93. The highest BCUT2D eigenvalue weighted by Gasteiger charge is 2.61. The van der Waals surface area contributed by atoms with Gasteiger partial charge in [-0.15, -0.1) is 0 Å². The Morgan fingerprint density at radius 2 is 2.04 bits per heavy atom. The molecule has 1 saturated carbocycles. The number of amides is 2. The number of carbonyl (C=O) groups excluding carboxylic acids is 2. The van der Waals surface area contributed by atoms with Crippen LogP contribution in [0.25, 0.3) is 0 Å². The number of rotatable bonds is 3. The summed E-state index contributed by atoms with van der Waals surface area (Å²) in [6.45, 7) is 3.41. The Kier molecular flexibility index (Phi) is 3.79. The maximum absolute atomic E-state index is 12.7. The average molecular weight is 335 g/mol. The first-order valence-electron chi connectivity index (χ1n) is 8.64. The minimum atomic E-state index is -0.0351. The van der Waals surface area contributed by atoms with Crippen LogP contribution in [0.15, 0.2) is 48.8 Å². The van der Waals surface area contributed by atoms with Crippen LogP contribution in [0, 0.1) is 18.3 Å². The SMILES string of the molecule is Cc1ccc(C(=O)N2CC[C@@]3(C[C@@H]3C(=O)Nc3cccnc3)C2)cc1. The Hall–Kier alpha value is -2.69. The third-order valence-electron chi connectivity index (χ3n) is 5.41. The smallest absolute Gasteiger partial charge is 0.253 e. The van der Waals surface area contributed by atoms with Gasteiger partial charge in [0.05, 0.1) is 11.9 Å². The zero-order chi connectivity index (χ0) is 17.4. The van der Waals surface area contributed by atoms with Crippen molar-refractivity contribution in [3.05, 3.63) is 59.9 Å². The van der Waals surface area contributed by atoms with Crippen LogP contribution in [0.1, 0.15) is 28.8 Å². The molecule has 0 unspecified atom stereocenters. The summed E-state index contributed by atoms with van der Waals surface area (Å²) in [4.78, 5) is 31.0. The van der Waals surface area contributed by atoms with Crippen LogP contribution in [-0.4, -0.2) is 34.8 Å². The molecule has 5 nitrogen and oxygen atoms in total. The van der Waals surface area contributed by atoms with Crippen molar-refractivity contribution in [1.29, 1.82) is 0 Å². The molecule has 5 heteroatoms. The second-order valence-electron chi connectivity index (χ2n) is 7.19. The standard InChI is InChI=1S/C20H21N3O2/c1-14-4-6-15(7-5-14)19(25)23-10-8-20(13-23)11-17(20)18(24)22-16-3-2-9-21-12-16/h2-7,9,12,17H,8,10-11,13H2,1H3,(H,22,24)/t17-,20-/m1/s1. The summed E-state index contributed by atoms with van der Waals surface area (Å²) in [6.07, 6.45) is 5.08. The van der Waals surface area contributed by atoms with Crippen molar-refractivity contribution in [2.45, 2.75) is 19.8 Å². The summed E-state index contributed by atoms with van der Waals surface area (Å²) < 4.78 is 0. The number of likely N-dealkylation sites (tertiary alicyclic amines) is 1. The van der Waals surface area contributed by atoms with Crippen LogP contribution >= 0.6 is 0 Å². The first-order chi connectivity index (χ1) is 12.1. The monoisotopic (exact) mass is 335 g/mol. The minimum Gasteiger partial charge on any atom is -0.338 e. The number of aromatic nitrogens is 1. The van der Waals surface area contributed by atoms with E-state index in [1.807, 2.05) is 42.2 Å². The van der Waals surface area contributed by atoms with Crippen molar-refractivity contribution in [2.75, 3.05) is 18.4 Å². The van der Waals surface area contributed by atoms with Crippen LogP contribution < -0.4 is 5.32 Å². The number of hydrogen-bond acceptors (Lipinski definition) is 3. The maximum atomic E-state index is 12.7. The lowest BCUT2D eigenvalue weighted by atomic mass is 10.0. The molecule has 4 rings (SSSR count). The second-order valence-corrected chi connectivity index (χ2v) is 7.19. The van der Waals surface area contributed by atoms with E-state index < -0.39 is 0 Å². The molecule has 25 heavy (non-hydrogen) atoms. The lowest BCUT2D eigenvalue weighted by molar-refractivity contribution is -0.118. The van der Waals surface area contributed by atoms with Gasteiger partial charge < -0.3 is 10.2 Å². The predicted octanol–water partition coefficient (Wildman–Crippen LogP) is 2.88. The number of nitrogens with one attached hydrogen (secondary N) is 1. The van der Waals surface area contributed by atoms with E-state index >= 15 is 0 Å². The number of carbonyl (C=O) groups is 2. The molecule has 128 valence electrons. The zero-order valence-electron chi connectivity index (χ0n) is 14.2. The number of pyridine rings is 1. The van der Waals surface area contributed by atoms with E-state index in [-0.39, 0.29) is 23.1 Å². The Labute approximate surface area is 147 Å². The van der Waals surface area contributed by atoms with E-state index in [9.17, 15) is 9.59 Å². The van der Waals surface area contributed by atoms with Crippen molar-refractivity contribution in [3.8, 4) is 0 Å². The van der Waals surface area contributed by atoms with E-state index in [0.717, 1.165) is 36.2 Å². The van der Waals surface area contributed by atoms with Gasteiger partial charge in [-0.1, -0.05) is 17.7 Å². The Morgan fingerprint density at radius 1 is 1.24 bits per heavy atom. The topological polar surface area (TPSA) is 62.3 Å². The van der Waals surface area contributed by atoms with Gasteiger partial charge in [0.2, 0.25) is 5.91 Å². The van der Waals surface area contributed by atoms with Crippen molar-refractivity contribution in [2.24, 2.45) is 11.3 Å². The molecule has 1 aromatic heterocycles. The fourth-order valence-corrected chi connectivity index (χ4v) is 3.78. The van der Waals surface area contributed by atoms with Gasteiger partial charge in [0.15, 0.2) is 0 Å². The Balaban J connectivity index is 1.39. The lowest BCUT2D eigenvalue weighted by Gasteiger charge is -2.17. The molecule has 2 amide bonds. The largest absolute Gasteiger partial charge is 0.338 e. The molecular formula is C20H21N3O2. The normalized spacial score (nSPS) is 24.4. The van der Waals surface area contributed by atoms with E-state index in [4.69, 9.17) is 0 Å². The maximum Gasteiger partial charge on any atom is 0.253 e. The van der Waals surface area contributed by atoms with Gasteiger partial charge in [-0.05, 0) is 44.0 Å². The summed E-state index contributed by atoms with van der Waals surface area (Å²) in [6, 6.07) is 11.3. The molecule has 2 heterocycles. The molecule has 1 saturated heterocycles. The van der Waals surface area contributed by atoms with E-state index in [1.54, 1.807) is 18.5 Å². The number of anilines is 1. The van der Waals surface area contributed by atoms with Crippen LogP contribution in [0.3, 0.4) is 0 Å². The van der Waals surface area contributed by atoms with Crippen molar-refractivity contribution < 1.29 is 9.59 Å². The van der Waals surface area contributed by atoms with Gasteiger partial charge in [0.25, 0.3) is 5.91 Å². The van der Waals surface area contributed by atoms with Crippen LogP contribution in [-0.2, 0) is 4.79 Å². The van der Waals surface area contributed by atoms with Crippen molar-refractivity contribution in [1.82, 2.24) is 9.88 Å². The van der Waals surface area contributed by atoms with E-state index in [1.165, 1.54) is 0 Å². The molecule has 1 spiro atoms. The van der Waals surface area contributed by atoms with Crippen LogP contribution in [0.4, 0.5) is 5.69 Å². The highest BCUT2D eigenvalue weighted by molar-refractivity contribution is 5.96. The number of benzene rings is 1. The summed E-state index contributed by atoms with van der Waals surface area (Å²) in [5.74, 6) is 0.0938. The van der Waals surface area contributed by atoms with E-state index in [2.05, 4.69) is 10.3 Å². The summed E-state index contributed by atoms with van der Waals surface area (Å²) >= 11 is 0.